The lowest BCUT2D eigenvalue weighted by Crippen LogP contribution is -2.02. The molecule has 0 aliphatic rings. The number of fused-ring (bicyclic) bond motifs is 1. The molecule has 0 atom stereocenters. The fourth-order valence-electron chi connectivity index (χ4n) is 2.32. The monoisotopic (exact) mass is 266 g/mol. The van der Waals surface area contributed by atoms with Crippen molar-refractivity contribution in [1.29, 1.82) is 0 Å². The highest BCUT2D eigenvalue weighted by atomic mass is 19.1. The van der Waals surface area contributed by atoms with Gasteiger partial charge in [0.25, 0.3) is 0 Å². The van der Waals surface area contributed by atoms with E-state index in [4.69, 9.17) is 0 Å². The van der Waals surface area contributed by atoms with Crippen LogP contribution in [0.3, 0.4) is 0 Å². The second-order valence-electron chi connectivity index (χ2n) is 4.83. The molecule has 3 heteroatoms. The summed E-state index contributed by atoms with van der Waals surface area (Å²) in [5, 5.41) is 5.59. The van der Waals surface area contributed by atoms with Crippen LogP contribution in [0.15, 0.2) is 54.9 Å². The standard InChI is InChI=1S/C17H15FN2/c1-12-5-6-15(18)9-17(12)20-11-14-4-2-3-13-10-19-8-7-16(13)14/h2-10,20H,11H2,1H3. The minimum Gasteiger partial charge on any atom is -0.381 e. The van der Waals surface area contributed by atoms with Crippen LogP contribution in [0.2, 0.25) is 0 Å². The van der Waals surface area contributed by atoms with Crippen molar-refractivity contribution >= 4 is 16.5 Å². The lowest BCUT2D eigenvalue weighted by atomic mass is 10.1. The highest BCUT2D eigenvalue weighted by molar-refractivity contribution is 5.84. The number of aryl methyl sites for hydroxylation is 1. The largest absolute Gasteiger partial charge is 0.381 e. The summed E-state index contributed by atoms with van der Waals surface area (Å²) in [4.78, 5) is 4.13. The van der Waals surface area contributed by atoms with Gasteiger partial charge in [0.1, 0.15) is 5.82 Å². The van der Waals surface area contributed by atoms with Crippen molar-refractivity contribution in [3.8, 4) is 0 Å². The van der Waals surface area contributed by atoms with Crippen LogP contribution in [0.1, 0.15) is 11.1 Å². The summed E-state index contributed by atoms with van der Waals surface area (Å²) in [6.45, 7) is 2.63. The number of halogens is 1. The molecule has 0 fully saturated rings. The summed E-state index contributed by atoms with van der Waals surface area (Å²) in [6.07, 6.45) is 3.64. The summed E-state index contributed by atoms with van der Waals surface area (Å²) in [5.41, 5.74) is 3.04. The van der Waals surface area contributed by atoms with E-state index in [-0.39, 0.29) is 5.82 Å². The fraction of sp³-hybridized carbons (Fsp3) is 0.118. The van der Waals surface area contributed by atoms with Crippen LogP contribution < -0.4 is 5.32 Å². The third-order valence-corrected chi connectivity index (χ3v) is 3.44. The number of hydrogen-bond donors (Lipinski definition) is 1. The molecule has 0 radical (unpaired) electrons. The Morgan fingerprint density at radius 1 is 1.15 bits per heavy atom. The number of pyridine rings is 1. The highest BCUT2D eigenvalue weighted by Crippen LogP contribution is 2.21. The van der Waals surface area contributed by atoms with E-state index in [1.165, 1.54) is 23.1 Å². The second-order valence-corrected chi connectivity index (χ2v) is 4.83. The quantitative estimate of drug-likeness (QED) is 0.764. The second kappa shape index (κ2) is 5.29. The van der Waals surface area contributed by atoms with Gasteiger partial charge in [0.05, 0.1) is 0 Å². The van der Waals surface area contributed by atoms with Crippen molar-refractivity contribution in [2.45, 2.75) is 13.5 Å². The van der Waals surface area contributed by atoms with Gasteiger partial charge in [-0.15, -0.1) is 0 Å². The molecule has 0 unspecified atom stereocenters. The van der Waals surface area contributed by atoms with E-state index in [9.17, 15) is 4.39 Å². The minimum atomic E-state index is -0.222. The van der Waals surface area contributed by atoms with E-state index in [1.54, 1.807) is 12.3 Å². The van der Waals surface area contributed by atoms with Crippen molar-refractivity contribution in [2.24, 2.45) is 0 Å². The number of aromatic nitrogens is 1. The van der Waals surface area contributed by atoms with Gasteiger partial charge in [-0.25, -0.2) is 4.39 Å². The molecule has 100 valence electrons. The lowest BCUT2D eigenvalue weighted by molar-refractivity contribution is 0.628. The van der Waals surface area contributed by atoms with Crippen LogP contribution in [-0.4, -0.2) is 4.98 Å². The predicted molar refractivity (Wildman–Crippen MR) is 80.2 cm³/mol. The Bertz CT molecular complexity index is 748. The first-order valence-corrected chi connectivity index (χ1v) is 6.56. The molecule has 3 aromatic rings. The molecule has 1 heterocycles. The van der Waals surface area contributed by atoms with E-state index >= 15 is 0 Å². The first-order valence-electron chi connectivity index (χ1n) is 6.56. The van der Waals surface area contributed by atoms with Crippen LogP contribution in [0, 0.1) is 12.7 Å². The van der Waals surface area contributed by atoms with Crippen LogP contribution in [0.25, 0.3) is 10.8 Å². The van der Waals surface area contributed by atoms with Gasteiger partial charge >= 0.3 is 0 Å². The first kappa shape index (κ1) is 12.6. The average Bonchev–Trinajstić information content (AvgIpc) is 2.48. The Labute approximate surface area is 117 Å². The van der Waals surface area contributed by atoms with Gasteiger partial charge in [-0.2, -0.15) is 0 Å². The van der Waals surface area contributed by atoms with Gasteiger partial charge in [0, 0.05) is 30.0 Å². The SMILES string of the molecule is Cc1ccc(F)cc1NCc1cccc2cnccc12. The zero-order chi connectivity index (χ0) is 13.9. The van der Waals surface area contributed by atoms with Gasteiger partial charge in [-0.05, 0) is 41.6 Å². The Morgan fingerprint density at radius 2 is 2.05 bits per heavy atom. The maximum absolute atomic E-state index is 13.3. The van der Waals surface area contributed by atoms with E-state index in [2.05, 4.69) is 16.4 Å². The maximum atomic E-state index is 13.3. The molecular formula is C17H15FN2. The summed E-state index contributed by atoms with van der Waals surface area (Å²) < 4.78 is 13.3. The molecule has 0 spiro atoms. The topological polar surface area (TPSA) is 24.9 Å². The van der Waals surface area contributed by atoms with Crippen LogP contribution in [0.4, 0.5) is 10.1 Å². The molecule has 2 aromatic carbocycles. The summed E-state index contributed by atoms with van der Waals surface area (Å²) >= 11 is 0. The van der Waals surface area contributed by atoms with E-state index < -0.39 is 0 Å². The normalized spacial score (nSPS) is 10.7. The third-order valence-electron chi connectivity index (χ3n) is 3.44. The highest BCUT2D eigenvalue weighted by Gasteiger charge is 2.03. The molecule has 0 bridgehead atoms. The van der Waals surface area contributed by atoms with Crippen molar-refractivity contribution < 1.29 is 4.39 Å². The van der Waals surface area contributed by atoms with Crippen molar-refractivity contribution in [3.63, 3.8) is 0 Å². The molecule has 0 saturated heterocycles. The average molecular weight is 266 g/mol. The van der Waals surface area contributed by atoms with Crippen LogP contribution in [-0.2, 0) is 6.54 Å². The Hall–Kier alpha value is -2.42. The lowest BCUT2D eigenvalue weighted by Gasteiger charge is -2.11. The molecule has 0 amide bonds. The molecule has 2 nitrogen and oxygen atoms in total. The summed E-state index contributed by atoms with van der Waals surface area (Å²) in [6, 6.07) is 12.9. The van der Waals surface area contributed by atoms with Crippen LogP contribution in [0.5, 0.6) is 0 Å². The number of anilines is 1. The smallest absolute Gasteiger partial charge is 0.125 e. The molecule has 0 aliphatic heterocycles. The maximum Gasteiger partial charge on any atom is 0.125 e. The molecule has 1 aromatic heterocycles. The Kier molecular flexibility index (Phi) is 3.33. The number of rotatable bonds is 3. The first-order chi connectivity index (χ1) is 9.74. The summed E-state index contributed by atoms with van der Waals surface area (Å²) in [5.74, 6) is -0.222. The number of nitrogens with zero attached hydrogens (tertiary/aromatic N) is 1. The van der Waals surface area contributed by atoms with Gasteiger partial charge in [-0.3, -0.25) is 4.98 Å². The van der Waals surface area contributed by atoms with Gasteiger partial charge < -0.3 is 5.32 Å². The van der Waals surface area contributed by atoms with Gasteiger partial charge in [0.2, 0.25) is 0 Å². The zero-order valence-corrected chi connectivity index (χ0v) is 11.2. The van der Waals surface area contributed by atoms with Crippen LogP contribution >= 0.6 is 0 Å². The minimum absolute atomic E-state index is 0.222. The molecule has 3 rings (SSSR count). The molecule has 0 saturated carbocycles. The molecule has 1 N–H and O–H groups in total. The number of benzene rings is 2. The predicted octanol–water partition coefficient (Wildman–Crippen LogP) is 4.29. The number of nitrogens with one attached hydrogen (secondary N) is 1. The Morgan fingerprint density at radius 3 is 2.95 bits per heavy atom. The fourth-order valence-corrected chi connectivity index (χ4v) is 2.32. The van der Waals surface area contributed by atoms with E-state index in [0.717, 1.165) is 16.6 Å². The van der Waals surface area contributed by atoms with Gasteiger partial charge in [0.15, 0.2) is 0 Å². The zero-order valence-electron chi connectivity index (χ0n) is 11.2. The molecule has 20 heavy (non-hydrogen) atoms. The van der Waals surface area contributed by atoms with Gasteiger partial charge in [-0.1, -0.05) is 24.3 Å². The van der Waals surface area contributed by atoms with E-state index in [0.29, 0.717) is 6.54 Å². The van der Waals surface area contributed by atoms with Crippen molar-refractivity contribution in [3.05, 3.63) is 71.8 Å². The molecular weight excluding hydrogens is 251 g/mol. The van der Waals surface area contributed by atoms with Crippen molar-refractivity contribution in [1.82, 2.24) is 4.98 Å². The van der Waals surface area contributed by atoms with E-state index in [1.807, 2.05) is 31.3 Å². The Balaban J connectivity index is 1.89. The molecule has 0 aliphatic carbocycles. The number of hydrogen-bond acceptors (Lipinski definition) is 2. The summed E-state index contributed by atoms with van der Waals surface area (Å²) in [7, 11) is 0. The third kappa shape index (κ3) is 2.48. The van der Waals surface area contributed by atoms with Crippen molar-refractivity contribution in [2.75, 3.05) is 5.32 Å².